The van der Waals surface area contributed by atoms with E-state index in [2.05, 4.69) is 0 Å². The zero-order valence-corrected chi connectivity index (χ0v) is 13.1. The number of benzene rings is 2. The van der Waals surface area contributed by atoms with Gasteiger partial charge in [-0.25, -0.2) is 4.79 Å². The van der Waals surface area contributed by atoms with Crippen molar-refractivity contribution in [2.24, 2.45) is 5.92 Å². The topological polar surface area (TPSA) is 46.6 Å². The first kappa shape index (κ1) is 15.3. The predicted molar refractivity (Wildman–Crippen MR) is 88.5 cm³/mol. The van der Waals surface area contributed by atoms with Crippen molar-refractivity contribution in [3.8, 4) is 0 Å². The van der Waals surface area contributed by atoms with Crippen LogP contribution in [0.15, 0.2) is 54.6 Å². The van der Waals surface area contributed by atoms with Gasteiger partial charge in [-0.3, -0.25) is 9.69 Å². The van der Waals surface area contributed by atoms with Gasteiger partial charge in [0.15, 0.2) is 5.78 Å². The highest BCUT2D eigenvalue weighted by atomic mass is 16.6. The molecule has 118 valence electrons. The van der Waals surface area contributed by atoms with E-state index in [1.165, 1.54) is 0 Å². The van der Waals surface area contributed by atoms with Crippen molar-refractivity contribution in [1.29, 1.82) is 0 Å². The van der Waals surface area contributed by atoms with Gasteiger partial charge in [-0.15, -0.1) is 0 Å². The molecule has 3 rings (SSSR count). The molecule has 0 fully saturated rings. The lowest BCUT2D eigenvalue weighted by molar-refractivity contribution is 0.0969. The Morgan fingerprint density at radius 2 is 1.83 bits per heavy atom. The number of hydrogen-bond donors (Lipinski definition) is 0. The zero-order chi connectivity index (χ0) is 16.2. The van der Waals surface area contributed by atoms with Crippen LogP contribution in [0.4, 0.5) is 10.5 Å². The van der Waals surface area contributed by atoms with E-state index < -0.39 is 6.09 Å². The van der Waals surface area contributed by atoms with Gasteiger partial charge in [0.25, 0.3) is 0 Å². The van der Waals surface area contributed by atoms with Crippen LogP contribution < -0.4 is 4.90 Å². The fraction of sp³-hybridized carbons (Fsp3) is 0.263. The van der Waals surface area contributed by atoms with E-state index in [0.717, 1.165) is 5.56 Å². The second-order valence-corrected chi connectivity index (χ2v) is 5.90. The molecular weight excluding hydrogens is 290 g/mol. The van der Waals surface area contributed by atoms with Crippen LogP contribution in [0.5, 0.6) is 0 Å². The number of ketones is 1. The van der Waals surface area contributed by atoms with Crippen LogP contribution in [0.1, 0.15) is 29.3 Å². The van der Waals surface area contributed by atoms with Gasteiger partial charge in [-0.1, -0.05) is 49.4 Å². The number of rotatable bonds is 2. The van der Waals surface area contributed by atoms with Crippen LogP contribution >= 0.6 is 0 Å². The van der Waals surface area contributed by atoms with Gasteiger partial charge in [0.1, 0.15) is 6.61 Å². The fourth-order valence-corrected chi connectivity index (χ4v) is 2.82. The van der Waals surface area contributed by atoms with Crippen molar-refractivity contribution in [3.63, 3.8) is 0 Å². The van der Waals surface area contributed by atoms with Crippen LogP contribution in [0, 0.1) is 5.92 Å². The van der Waals surface area contributed by atoms with Gasteiger partial charge in [-0.05, 0) is 23.6 Å². The molecule has 2 aromatic rings. The first-order valence-corrected chi connectivity index (χ1v) is 7.75. The molecule has 0 radical (unpaired) electrons. The summed E-state index contributed by atoms with van der Waals surface area (Å²) in [7, 11) is 0. The lowest BCUT2D eigenvalue weighted by Crippen LogP contribution is -2.34. The molecule has 0 aromatic heterocycles. The standard InChI is InChI=1S/C19H19NO3/c1-14-11-18(21)16-9-5-6-10-17(16)20(12-14)19(22)23-13-15-7-3-2-4-8-15/h2-10,14H,11-13H2,1H3/t14-/m0/s1. The highest BCUT2D eigenvalue weighted by Gasteiger charge is 2.29. The molecular formula is C19H19NO3. The Balaban J connectivity index is 1.81. The summed E-state index contributed by atoms with van der Waals surface area (Å²) in [6, 6.07) is 16.8. The summed E-state index contributed by atoms with van der Waals surface area (Å²) >= 11 is 0. The molecule has 2 aromatic carbocycles. The van der Waals surface area contributed by atoms with Crippen molar-refractivity contribution in [1.82, 2.24) is 0 Å². The van der Waals surface area contributed by atoms with Gasteiger partial charge in [0.05, 0.1) is 5.69 Å². The van der Waals surface area contributed by atoms with Gasteiger partial charge >= 0.3 is 6.09 Å². The Morgan fingerprint density at radius 3 is 2.61 bits per heavy atom. The molecule has 23 heavy (non-hydrogen) atoms. The second-order valence-electron chi connectivity index (χ2n) is 5.90. The molecule has 4 heteroatoms. The Hall–Kier alpha value is -2.62. The average molecular weight is 309 g/mol. The van der Waals surface area contributed by atoms with Crippen molar-refractivity contribution >= 4 is 17.6 Å². The second kappa shape index (κ2) is 6.65. The largest absolute Gasteiger partial charge is 0.444 e. The molecule has 4 nitrogen and oxygen atoms in total. The van der Waals surface area contributed by atoms with Crippen LogP contribution in [0.25, 0.3) is 0 Å². The molecule has 1 aliphatic rings. The van der Waals surface area contributed by atoms with Crippen molar-refractivity contribution < 1.29 is 14.3 Å². The van der Waals surface area contributed by atoms with Crippen LogP contribution in [-0.4, -0.2) is 18.4 Å². The van der Waals surface area contributed by atoms with E-state index in [1.54, 1.807) is 17.0 Å². The SMILES string of the molecule is C[C@H]1CC(=O)c2ccccc2N(C(=O)OCc2ccccc2)C1. The highest BCUT2D eigenvalue weighted by molar-refractivity contribution is 6.05. The van der Waals surface area contributed by atoms with E-state index in [9.17, 15) is 9.59 Å². The molecule has 0 unspecified atom stereocenters. The number of para-hydroxylation sites is 1. The van der Waals surface area contributed by atoms with Gasteiger partial charge in [-0.2, -0.15) is 0 Å². The van der Waals surface area contributed by atoms with Crippen molar-refractivity contribution in [3.05, 3.63) is 65.7 Å². The number of hydrogen-bond acceptors (Lipinski definition) is 3. The lowest BCUT2D eigenvalue weighted by atomic mass is 10.0. The number of fused-ring (bicyclic) bond motifs is 1. The Kier molecular flexibility index (Phi) is 4.42. The minimum Gasteiger partial charge on any atom is -0.444 e. The maximum Gasteiger partial charge on any atom is 0.414 e. The van der Waals surface area contributed by atoms with Crippen molar-refractivity contribution in [2.45, 2.75) is 20.0 Å². The number of anilines is 1. The summed E-state index contributed by atoms with van der Waals surface area (Å²) in [5.74, 6) is 0.172. The molecule has 0 saturated heterocycles. The number of carbonyl (C=O) groups excluding carboxylic acids is 2. The summed E-state index contributed by atoms with van der Waals surface area (Å²) in [6.45, 7) is 2.68. The maximum absolute atomic E-state index is 12.5. The first-order valence-electron chi connectivity index (χ1n) is 7.75. The van der Waals surface area contributed by atoms with Gasteiger partial charge in [0, 0.05) is 18.5 Å². The number of carbonyl (C=O) groups is 2. The Bertz CT molecular complexity index is 712. The number of Topliss-reactive ketones (excluding diaryl/α,β-unsaturated/α-hetero) is 1. The van der Waals surface area contributed by atoms with Crippen LogP contribution in [0.2, 0.25) is 0 Å². The third-order valence-electron chi connectivity index (χ3n) is 3.95. The normalized spacial score (nSPS) is 17.3. The smallest absolute Gasteiger partial charge is 0.414 e. The summed E-state index contributed by atoms with van der Waals surface area (Å²) in [4.78, 5) is 26.4. The van der Waals surface area contributed by atoms with E-state index in [-0.39, 0.29) is 18.3 Å². The van der Waals surface area contributed by atoms with Gasteiger partial charge < -0.3 is 4.74 Å². The summed E-state index contributed by atoms with van der Waals surface area (Å²) < 4.78 is 5.44. The van der Waals surface area contributed by atoms with Crippen molar-refractivity contribution in [2.75, 3.05) is 11.4 Å². The molecule has 1 atom stereocenters. The lowest BCUT2D eigenvalue weighted by Gasteiger charge is -2.23. The summed E-state index contributed by atoms with van der Waals surface area (Å²) in [5, 5.41) is 0. The third-order valence-corrected chi connectivity index (χ3v) is 3.95. The van der Waals surface area contributed by atoms with E-state index >= 15 is 0 Å². The quantitative estimate of drug-likeness (QED) is 0.840. The molecule has 1 aliphatic heterocycles. The van der Waals surface area contributed by atoms with E-state index in [0.29, 0.717) is 24.2 Å². The molecule has 0 spiro atoms. The number of amides is 1. The summed E-state index contributed by atoms with van der Waals surface area (Å²) in [6.07, 6.45) is 0.0299. The highest BCUT2D eigenvalue weighted by Crippen LogP contribution is 2.29. The minimum atomic E-state index is -0.414. The summed E-state index contributed by atoms with van der Waals surface area (Å²) in [5.41, 5.74) is 2.17. The Morgan fingerprint density at radius 1 is 1.13 bits per heavy atom. The molecule has 1 heterocycles. The first-order chi connectivity index (χ1) is 11.1. The molecule has 0 aliphatic carbocycles. The maximum atomic E-state index is 12.5. The van der Waals surface area contributed by atoms with Gasteiger partial charge in [0.2, 0.25) is 0 Å². The van der Waals surface area contributed by atoms with Crippen LogP contribution in [0.3, 0.4) is 0 Å². The Labute approximate surface area is 135 Å². The molecule has 1 amide bonds. The minimum absolute atomic E-state index is 0.0754. The van der Waals surface area contributed by atoms with Crippen LogP contribution in [-0.2, 0) is 11.3 Å². The molecule has 0 saturated carbocycles. The number of nitrogens with zero attached hydrogens (tertiary/aromatic N) is 1. The molecule has 0 N–H and O–H groups in total. The zero-order valence-electron chi connectivity index (χ0n) is 13.1. The van der Waals surface area contributed by atoms with E-state index in [1.807, 2.05) is 49.4 Å². The average Bonchev–Trinajstić information content (AvgIpc) is 2.70. The predicted octanol–water partition coefficient (Wildman–Crippen LogP) is 4.05. The number of ether oxygens (including phenoxy) is 1. The third kappa shape index (κ3) is 3.42. The molecule has 0 bridgehead atoms. The van der Waals surface area contributed by atoms with E-state index in [4.69, 9.17) is 4.74 Å². The fourth-order valence-electron chi connectivity index (χ4n) is 2.82. The monoisotopic (exact) mass is 309 g/mol.